The van der Waals surface area contributed by atoms with Gasteiger partial charge in [-0.05, 0) is 91.8 Å². The Morgan fingerprint density at radius 2 is 1.81 bits per heavy atom. The van der Waals surface area contributed by atoms with E-state index in [4.69, 9.17) is 5.11 Å². The molecule has 0 amide bonds. The molecule has 0 aliphatic heterocycles. The van der Waals surface area contributed by atoms with Gasteiger partial charge in [-0.2, -0.15) is 13.2 Å². The SMILES string of the molecule is O=C(O)CC1CCC(C2=CC=C(c3ccc(-c4nc5ccc(C(F)(F)F)cc5[nH]4)c(F)c3)CC2)CC1. The van der Waals surface area contributed by atoms with Crippen molar-refractivity contribution in [2.75, 3.05) is 0 Å². The number of aliphatic carboxylic acids is 1. The summed E-state index contributed by atoms with van der Waals surface area (Å²) < 4.78 is 54.0. The van der Waals surface area contributed by atoms with Gasteiger partial charge >= 0.3 is 12.1 Å². The molecule has 0 radical (unpaired) electrons. The molecule has 0 spiro atoms. The second kappa shape index (κ2) is 9.56. The van der Waals surface area contributed by atoms with E-state index in [1.165, 1.54) is 17.7 Å². The van der Waals surface area contributed by atoms with Crippen LogP contribution >= 0.6 is 0 Å². The molecule has 2 N–H and O–H groups in total. The van der Waals surface area contributed by atoms with Gasteiger partial charge in [-0.25, -0.2) is 9.37 Å². The van der Waals surface area contributed by atoms with Crippen LogP contribution in [0, 0.1) is 17.7 Å². The number of hydrogen-bond donors (Lipinski definition) is 2. The lowest BCUT2D eigenvalue weighted by atomic mass is 9.75. The molecule has 188 valence electrons. The first-order valence-corrected chi connectivity index (χ1v) is 12.2. The number of rotatable bonds is 5. The van der Waals surface area contributed by atoms with Crippen LogP contribution in [0.2, 0.25) is 0 Å². The highest BCUT2D eigenvalue weighted by molar-refractivity contribution is 5.81. The number of benzene rings is 2. The number of aromatic nitrogens is 2. The topological polar surface area (TPSA) is 66.0 Å². The van der Waals surface area contributed by atoms with Crippen LogP contribution in [0.3, 0.4) is 0 Å². The summed E-state index contributed by atoms with van der Waals surface area (Å²) in [6.07, 6.45) is 5.55. The Bertz CT molecular complexity index is 1360. The predicted octanol–water partition coefficient (Wildman–Crippen LogP) is 7.77. The maximum Gasteiger partial charge on any atom is 0.416 e. The van der Waals surface area contributed by atoms with Gasteiger partial charge in [-0.3, -0.25) is 4.79 Å². The van der Waals surface area contributed by atoms with E-state index in [0.717, 1.165) is 61.8 Å². The fraction of sp³-hybridized carbons (Fsp3) is 0.357. The lowest BCUT2D eigenvalue weighted by Gasteiger charge is -2.30. The summed E-state index contributed by atoms with van der Waals surface area (Å²) in [6, 6.07) is 8.09. The van der Waals surface area contributed by atoms with Crippen molar-refractivity contribution < 1.29 is 27.5 Å². The summed E-state index contributed by atoms with van der Waals surface area (Å²) in [4.78, 5) is 18.0. The first-order valence-electron chi connectivity index (χ1n) is 12.2. The zero-order valence-electron chi connectivity index (χ0n) is 19.5. The zero-order valence-corrected chi connectivity index (χ0v) is 19.5. The summed E-state index contributed by atoms with van der Waals surface area (Å²) in [5.74, 6) is -0.273. The molecule has 1 heterocycles. The molecule has 1 aromatic heterocycles. The Kier molecular flexibility index (Phi) is 6.45. The molecule has 4 nitrogen and oxygen atoms in total. The highest BCUT2D eigenvalue weighted by Gasteiger charge is 2.31. The molecule has 1 fully saturated rings. The minimum atomic E-state index is -4.46. The summed E-state index contributed by atoms with van der Waals surface area (Å²) in [7, 11) is 0. The van der Waals surface area contributed by atoms with Crippen molar-refractivity contribution >= 4 is 22.6 Å². The minimum Gasteiger partial charge on any atom is -0.481 e. The number of nitrogens with zero attached hydrogens (tertiary/aromatic N) is 1. The molecule has 3 aromatic rings. The smallest absolute Gasteiger partial charge is 0.416 e. The molecule has 0 atom stereocenters. The molecule has 1 saturated carbocycles. The molecule has 5 rings (SSSR count). The summed E-state index contributed by atoms with van der Waals surface area (Å²) in [5, 5.41) is 9.00. The number of alkyl halides is 3. The molecule has 0 saturated heterocycles. The van der Waals surface area contributed by atoms with Crippen LogP contribution in [-0.4, -0.2) is 21.0 Å². The maximum atomic E-state index is 15.1. The van der Waals surface area contributed by atoms with Crippen molar-refractivity contribution in [2.45, 2.75) is 51.1 Å². The second-order valence-electron chi connectivity index (χ2n) is 9.76. The third kappa shape index (κ3) is 5.08. The highest BCUT2D eigenvalue weighted by Crippen LogP contribution is 2.40. The average Bonchev–Trinajstić information content (AvgIpc) is 3.27. The van der Waals surface area contributed by atoms with Gasteiger partial charge in [0.2, 0.25) is 0 Å². The number of carboxylic acid groups (broad SMARTS) is 1. The summed E-state index contributed by atoms with van der Waals surface area (Å²) in [6.45, 7) is 0. The Hall–Kier alpha value is -3.42. The van der Waals surface area contributed by atoms with E-state index in [1.54, 1.807) is 6.07 Å². The number of carbonyl (C=O) groups is 1. The van der Waals surface area contributed by atoms with E-state index < -0.39 is 23.5 Å². The molecular weight excluding hydrogens is 472 g/mol. The van der Waals surface area contributed by atoms with Crippen molar-refractivity contribution in [1.82, 2.24) is 9.97 Å². The van der Waals surface area contributed by atoms with Crippen LogP contribution in [0.4, 0.5) is 17.6 Å². The first kappa shape index (κ1) is 24.3. The fourth-order valence-corrected chi connectivity index (χ4v) is 5.44. The van der Waals surface area contributed by atoms with Gasteiger partial charge in [-0.1, -0.05) is 23.8 Å². The van der Waals surface area contributed by atoms with Gasteiger partial charge in [-0.15, -0.1) is 0 Å². The largest absolute Gasteiger partial charge is 0.481 e. The molecule has 2 aliphatic rings. The number of H-pyrrole nitrogens is 1. The van der Waals surface area contributed by atoms with Crippen LogP contribution in [0.15, 0.2) is 54.1 Å². The van der Waals surface area contributed by atoms with Crippen molar-refractivity contribution in [1.29, 1.82) is 0 Å². The molecule has 36 heavy (non-hydrogen) atoms. The Labute approximate surface area is 205 Å². The summed E-state index contributed by atoms with van der Waals surface area (Å²) in [5.41, 5.74) is 3.14. The third-order valence-corrected chi connectivity index (χ3v) is 7.42. The number of allylic oxidation sites excluding steroid dienone is 4. The number of aromatic amines is 1. The van der Waals surface area contributed by atoms with Gasteiger partial charge in [0.25, 0.3) is 0 Å². The average molecular weight is 499 g/mol. The number of nitrogens with one attached hydrogen (secondary N) is 1. The van der Waals surface area contributed by atoms with Crippen LogP contribution in [0.1, 0.15) is 56.1 Å². The van der Waals surface area contributed by atoms with Gasteiger partial charge in [0.15, 0.2) is 0 Å². The Balaban J connectivity index is 1.31. The number of fused-ring (bicyclic) bond motifs is 1. The van der Waals surface area contributed by atoms with E-state index in [2.05, 4.69) is 16.0 Å². The van der Waals surface area contributed by atoms with Gasteiger partial charge in [0.05, 0.1) is 22.2 Å². The van der Waals surface area contributed by atoms with Gasteiger partial charge < -0.3 is 10.1 Å². The van der Waals surface area contributed by atoms with E-state index >= 15 is 4.39 Å². The number of halogens is 4. The van der Waals surface area contributed by atoms with Crippen LogP contribution in [-0.2, 0) is 11.0 Å². The quantitative estimate of drug-likeness (QED) is 0.353. The van der Waals surface area contributed by atoms with Crippen molar-refractivity contribution in [3.63, 3.8) is 0 Å². The third-order valence-electron chi connectivity index (χ3n) is 7.42. The second-order valence-corrected chi connectivity index (χ2v) is 9.76. The lowest BCUT2D eigenvalue weighted by Crippen LogP contribution is -2.19. The van der Waals surface area contributed by atoms with E-state index in [0.29, 0.717) is 11.4 Å². The predicted molar refractivity (Wildman–Crippen MR) is 129 cm³/mol. The molecule has 8 heteroatoms. The fourth-order valence-electron chi connectivity index (χ4n) is 5.44. The number of hydrogen-bond acceptors (Lipinski definition) is 2. The van der Waals surface area contributed by atoms with Gasteiger partial charge in [0, 0.05) is 6.42 Å². The van der Waals surface area contributed by atoms with E-state index in [9.17, 15) is 18.0 Å². The monoisotopic (exact) mass is 498 g/mol. The normalized spacial score (nSPS) is 20.8. The van der Waals surface area contributed by atoms with E-state index in [1.807, 2.05) is 12.1 Å². The molecule has 2 aliphatic carbocycles. The van der Waals surface area contributed by atoms with Crippen LogP contribution in [0.25, 0.3) is 28.0 Å². The Morgan fingerprint density at radius 1 is 1.03 bits per heavy atom. The number of carboxylic acids is 1. The molecular formula is C28H26F4N2O2. The van der Waals surface area contributed by atoms with Gasteiger partial charge in [0.1, 0.15) is 11.6 Å². The van der Waals surface area contributed by atoms with Crippen molar-refractivity contribution in [2.24, 2.45) is 11.8 Å². The van der Waals surface area contributed by atoms with Crippen LogP contribution in [0.5, 0.6) is 0 Å². The molecule has 0 unspecified atom stereocenters. The van der Waals surface area contributed by atoms with Crippen molar-refractivity contribution in [3.05, 3.63) is 71.1 Å². The lowest BCUT2D eigenvalue weighted by molar-refractivity contribution is -0.139. The summed E-state index contributed by atoms with van der Waals surface area (Å²) >= 11 is 0. The highest BCUT2D eigenvalue weighted by atomic mass is 19.4. The van der Waals surface area contributed by atoms with Crippen LogP contribution < -0.4 is 0 Å². The maximum absolute atomic E-state index is 15.1. The van der Waals surface area contributed by atoms with E-state index in [-0.39, 0.29) is 29.2 Å². The first-order chi connectivity index (χ1) is 17.2. The number of imidazole rings is 1. The molecule has 2 aromatic carbocycles. The Morgan fingerprint density at radius 3 is 2.44 bits per heavy atom. The standard InChI is InChI=1S/C28H26F4N2O2/c29-23-14-20(19-7-5-18(6-8-19)17-3-1-16(2-4-17)13-26(35)36)9-11-22(23)27-33-24-12-10-21(28(30,31)32)15-25(24)34-27/h5,7,9-12,14-17H,1-4,6,8,13H2,(H,33,34)(H,35,36). The minimum absolute atomic E-state index is 0.187. The van der Waals surface area contributed by atoms with Crippen molar-refractivity contribution in [3.8, 4) is 11.4 Å². The molecule has 0 bridgehead atoms. The zero-order chi connectivity index (χ0) is 25.4.